The number of hydrogen-bond donors (Lipinski definition) is 1. The second-order valence-electron chi connectivity index (χ2n) is 4.53. The van der Waals surface area contributed by atoms with E-state index in [4.69, 9.17) is 0 Å². The third-order valence-corrected chi connectivity index (χ3v) is 2.90. The predicted molar refractivity (Wildman–Crippen MR) is 78.9 cm³/mol. The summed E-state index contributed by atoms with van der Waals surface area (Å²) >= 11 is 0. The molecule has 1 amide bonds. The van der Waals surface area contributed by atoms with Gasteiger partial charge in [0.25, 0.3) is 0 Å². The van der Waals surface area contributed by atoms with Crippen molar-refractivity contribution >= 4 is 18.0 Å². The Bertz CT molecular complexity index is 500. The van der Waals surface area contributed by atoms with Crippen LogP contribution in [0.1, 0.15) is 31.2 Å². The molecule has 0 radical (unpaired) electrons. The Hall–Kier alpha value is -2.17. The van der Waals surface area contributed by atoms with Gasteiger partial charge in [-0.3, -0.25) is 9.59 Å². The van der Waals surface area contributed by atoms with Crippen molar-refractivity contribution in [2.24, 2.45) is 0 Å². The van der Waals surface area contributed by atoms with Gasteiger partial charge >= 0.3 is 5.97 Å². The molecule has 0 fully saturated rings. The minimum absolute atomic E-state index is 0.216. The molecule has 0 atom stereocenters. The van der Waals surface area contributed by atoms with Crippen molar-refractivity contribution in [3.63, 3.8) is 0 Å². The molecule has 0 aliphatic rings. The third kappa shape index (κ3) is 7.25. The highest BCUT2D eigenvalue weighted by Crippen LogP contribution is 2.07. The van der Waals surface area contributed by atoms with Gasteiger partial charge in [0.15, 0.2) is 0 Å². The lowest BCUT2D eigenvalue weighted by molar-refractivity contribution is -0.140. The van der Waals surface area contributed by atoms with E-state index in [1.54, 1.807) is 18.2 Å². The van der Waals surface area contributed by atoms with E-state index in [2.05, 4.69) is 10.1 Å². The van der Waals surface area contributed by atoms with Crippen LogP contribution in [0.2, 0.25) is 0 Å². The zero-order valence-electron chi connectivity index (χ0n) is 12.1. The molecule has 1 N–H and O–H groups in total. The molecule has 4 nitrogen and oxygen atoms in total. The number of nitrogens with one attached hydrogen (secondary N) is 1. The highest BCUT2D eigenvalue weighted by molar-refractivity contribution is 5.91. The van der Waals surface area contributed by atoms with Gasteiger partial charge in [-0.1, -0.05) is 24.6 Å². The SMILES string of the molecule is COC(=O)CCCCCNC(=O)/C=C/c1ccccc1F. The molecule has 0 bridgehead atoms. The summed E-state index contributed by atoms with van der Waals surface area (Å²) in [5.41, 5.74) is 0.380. The second-order valence-corrected chi connectivity index (χ2v) is 4.53. The fourth-order valence-corrected chi connectivity index (χ4v) is 1.72. The van der Waals surface area contributed by atoms with Crippen LogP contribution < -0.4 is 5.32 Å². The number of carbonyl (C=O) groups excluding carboxylic acids is 2. The van der Waals surface area contributed by atoms with Gasteiger partial charge in [0.05, 0.1) is 7.11 Å². The van der Waals surface area contributed by atoms with Gasteiger partial charge in [0.1, 0.15) is 5.82 Å². The third-order valence-electron chi connectivity index (χ3n) is 2.90. The molecule has 5 heteroatoms. The number of halogens is 1. The van der Waals surface area contributed by atoms with Gasteiger partial charge in [-0.2, -0.15) is 0 Å². The van der Waals surface area contributed by atoms with Crippen LogP contribution >= 0.6 is 0 Å². The Balaban J connectivity index is 2.17. The first-order chi connectivity index (χ1) is 10.1. The zero-order valence-corrected chi connectivity index (χ0v) is 12.1. The van der Waals surface area contributed by atoms with E-state index in [-0.39, 0.29) is 17.7 Å². The molecule has 0 aliphatic heterocycles. The first-order valence-electron chi connectivity index (χ1n) is 6.90. The molecule has 0 spiro atoms. The lowest BCUT2D eigenvalue weighted by Crippen LogP contribution is -2.22. The Morgan fingerprint density at radius 1 is 1.24 bits per heavy atom. The lowest BCUT2D eigenvalue weighted by Gasteiger charge is -2.02. The van der Waals surface area contributed by atoms with Crippen LogP contribution in [0.3, 0.4) is 0 Å². The second kappa shape index (κ2) is 9.69. The minimum atomic E-state index is -0.357. The van der Waals surface area contributed by atoms with Gasteiger partial charge in [0, 0.05) is 24.6 Å². The van der Waals surface area contributed by atoms with Crippen LogP contribution in [0.15, 0.2) is 30.3 Å². The Morgan fingerprint density at radius 3 is 2.71 bits per heavy atom. The van der Waals surface area contributed by atoms with Crippen LogP contribution in [0.25, 0.3) is 6.08 Å². The summed E-state index contributed by atoms with van der Waals surface area (Å²) in [4.78, 5) is 22.4. The number of rotatable bonds is 8. The quantitative estimate of drug-likeness (QED) is 0.455. The van der Waals surface area contributed by atoms with Crippen LogP contribution in [-0.4, -0.2) is 25.5 Å². The number of ether oxygens (including phenoxy) is 1. The number of hydrogen-bond acceptors (Lipinski definition) is 3. The maximum absolute atomic E-state index is 13.3. The molecule has 0 aliphatic carbocycles. The average Bonchev–Trinajstić information content (AvgIpc) is 2.49. The molecule has 1 aromatic rings. The van der Waals surface area contributed by atoms with E-state index in [0.717, 1.165) is 19.3 Å². The topological polar surface area (TPSA) is 55.4 Å². The van der Waals surface area contributed by atoms with Crippen molar-refractivity contribution in [2.45, 2.75) is 25.7 Å². The van der Waals surface area contributed by atoms with Gasteiger partial charge in [-0.05, 0) is 25.0 Å². The van der Waals surface area contributed by atoms with E-state index in [0.29, 0.717) is 18.5 Å². The van der Waals surface area contributed by atoms with Gasteiger partial charge in [-0.25, -0.2) is 4.39 Å². The lowest BCUT2D eigenvalue weighted by atomic mass is 10.2. The van der Waals surface area contributed by atoms with Gasteiger partial charge < -0.3 is 10.1 Å². The Kier molecular flexibility index (Phi) is 7.79. The molecule has 1 rings (SSSR count). The number of carbonyl (C=O) groups is 2. The fraction of sp³-hybridized carbons (Fsp3) is 0.375. The summed E-state index contributed by atoms with van der Waals surface area (Å²) in [6.07, 6.45) is 5.53. The monoisotopic (exact) mass is 293 g/mol. The van der Waals surface area contributed by atoms with Crippen molar-refractivity contribution in [3.8, 4) is 0 Å². The normalized spacial score (nSPS) is 10.6. The van der Waals surface area contributed by atoms with E-state index in [9.17, 15) is 14.0 Å². The highest BCUT2D eigenvalue weighted by atomic mass is 19.1. The summed E-state index contributed by atoms with van der Waals surface area (Å²) in [7, 11) is 1.37. The summed E-state index contributed by atoms with van der Waals surface area (Å²) in [6, 6.07) is 6.26. The van der Waals surface area contributed by atoms with E-state index >= 15 is 0 Å². The van der Waals surface area contributed by atoms with Crippen LogP contribution in [0.5, 0.6) is 0 Å². The minimum Gasteiger partial charge on any atom is -0.469 e. The van der Waals surface area contributed by atoms with Crippen LogP contribution in [0, 0.1) is 5.82 Å². The van der Waals surface area contributed by atoms with Crippen molar-refractivity contribution in [3.05, 3.63) is 41.7 Å². The molecule has 0 saturated heterocycles. The summed E-state index contributed by atoms with van der Waals surface area (Å²) in [5, 5.41) is 2.71. The predicted octanol–water partition coefficient (Wildman–Crippen LogP) is 2.69. The molecule has 114 valence electrons. The van der Waals surface area contributed by atoms with E-state index in [1.165, 1.54) is 25.3 Å². The average molecular weight is 293 g/mol. The largest absolute Gasteiger partial charge is 0.469 e. The first-order valence-corrected chi connectivity index (χ1v) is 6.90. The zero-order chi connectivity index (χ0) is 15.5. The van der Waals surface area contributed by atoms with Gasteiger partial charge in [-0.15, -0.1) is 0 Å². The molecule has 1 aromatic carbocycles. The molecule has 0 unspecified atom stereocenters. The number of benzene rings is 1. The van der Waals surface area contributed by atoms with Crippen molar-refractivity contribution < 1.29 is 18.7 Å². The van der Waals surface area contributed by atoms with Crippen molar-refractivity contribution in [1.82, 2.24) is 5.32 Å². The van der Waals surface area contributed by atoms with Crippen molar-refractivity contribution in [2.75, 3.05) is 13.7 Å². The fourth-order valence-electron chi connectivity index (χ4n) is 1.72. The standard InChI is InChI=1S/C16H20FNO3/c1-21-16(20)9-3-2-6-12-18-15(19)11-10-13-7-4-5-8-14(13)17/h4-5,7-8,10-11H,2-3,6,9,12H2,1H3,(H,18,19)/b11-10+. The van der Waals surface area contributed by atoms with E-state index in [1.807, 2.05) is 0 Å². The van der Waals surface area contributed by atoms with E-state index < -0.39 is 0 Å². The molecular weight excluding hydrogens is 273 g/mol. The summed E-state index contributed by atoms with van der Waals surface area (Å²) in [6.45, 7) is 0.529. The van der Waals surface area contributed by atoms with Gasteiger partial charge in [0.2, 0.25) is 5.91 Å². The molecule has 0 aromatic heterocycles. The maximum atomic E-state index is 13.3. The maximum Gasteiger partial charge on any atom is 0.305 e. The molecule has 21 heavy (non-hydrogen) atoms. The number of unbranched alkanes of at least 4 members (excludes halogenated alkanes) is 2. The molecular formula is C16H20FNO3. The smallest absolute Gasteiger partial charge is 0.305 e. The highest BCUT2D eigenvalue weighted by Gasteiger charge is 2.00. The Morgan fingerprint density at radius 2 is 2.00 bits per heavy atom. The Labute approximate surface area is 124 Å². The molecule has 0 saturated carbocycles. The van der Waals surface area contributed by atoms with Crippen LogP contribution in [0.4, 0.5) is 4.39 Å². The number of amides is 1. The molecule has 0 heterocycles. The number of methoxy groups -OCH3 is 1. The summed E-state index contributed by atoms with van der Waals surface area (Å²) < 4.78 is 17.8. The van der Waals surface area contributed by atoms with Crippen LogP contribution in [-0.2, 0) is 14.3 Å². The number of esters is 1. The van der Waals surface area contributed by atoms with Crippen molar-refractivity contribution in [1.29, 1.82) is 0 Å². The summed E-state index contributed by atoms with van der Waals surface area (Å²) in [5.74, 6) is -0.831. The first kappa shape index (κ1) is 16.9.